The number of fused-ring (bicyclic) bond motifs is 1. The molecule has 2 rings (SSSR count). The molecule has 1 aromatic heterocycles. The highest BCUT2D eigenvalue weighted by Gasteiger charge is 2.08. The van der Waals surface area contributed by atoms with Crippen LogP contribution in [0.15, 0.2) is 30.5 Å². The molecule has 4 heteroatoms. The van der Waals surface area contributed by atoms with Gasteiger partial charge in [0.05, 0.1) is 16.1 Å². The minimum Gasteiger partial charge on any atom is -0.366 e. The first-order valence-electron chi connectivity index (χ1n) is 4.03. The van der Waals surface area contributed by atoms with Crippen LogP contribution in [0.2, 0.25) is 5.02 Å². The fourth-order valence-electron chi connectivity index (χ4n) is 1.34. The molecule has 0 aliphatic rings. The molecule has 0 aliphatic heterocycles. The molecule has 2 aromatic rings. The molecular formula is C10H7ClN2O. The van der Waals surface area contributed by atoms with E-state index in [1.54, 1.807) is 30.5 Å². The summed E-state index contributed by atoms with van der Waals surface area (Å²) in [6, 6.07) is 6.79. The predicted octanol–water partition coefficient (Wildman–Crippen LogP) is 1.99. The summed E-state index contributed by atoms with van der Waals surface area (Å²) < 4.78 is 0. The van der Waals surface area contributed by atoms with Crippen LogP contribution in [0.25, 0.3) is 10.9 Å². The summed E-state index contributed by atoms with van der Waals surface area (Å²) in [5.41, 5.74) is 6.15. The molecule has 0 saturated heterocycles. The van der Waals surface area contributed by atoms with Crippen molar-refractivity contribution in [3.05, 3.63) is 41.0 Å². The second kappa shape index (κ2) is 3.27. The van der Waals surface area contributed by atoms with E-state index in [-0.39, 0.29) is 0 Å². The molecule has 0 saturated carbocycles. The van der Waals surface area contributed by atoms with E-state index in [9.17, 15) is 4.79 Å². The molecule has 1 heterocycles. The Kier molecular flexibility index (Phi) is 2.09. The van der Waals surface area contributed by atoms with Gasteiger partial charge in [-0.2, -0.15) is 0 Å². The van der Waals surface area contributed by atoms with Crippen molar-refractivity contribution >= 4 is 28.4 Å². The van der Waals surface area contributed by atoms with E-state index in [1.165, 1.54) is 0 Å². The highest BCUT2D eigenvalue weighted by molar-refractivity contribution is 6.35. The zero-order valence-electron chi connectivity index (χ0n) is 7.20. The van der Waals surface area contributed by atoms with Gasteiger partial charge in [0.2, 0.25) is 0 Å². The number of rotatable bonds is 1. The van der Waals surface area contributed by atoms with Gasteiger partial charge in [0.15, 0.2) is 0 Å². The molecule has 0 spiro atoms. The van der Waals surface area contributed by atoms with Crippen molar-refractivity contribution in [1.29, 1.82) is 0 Å². The number of carbonyl (C=O) groups is 1. The average molecular weight is 207 g/mol. The van der Waals surface area contributed by atoms with Crippen LogP contribution in [0.1, 0.15) is 10.4 Å². The number of pyridine rings is 1. The first kappa shape index (κ1) is 8.97. The number of benzene rings is 1. The minimum absolute atomic E-state index is 0.394. The van der Waals surface area contributed by atoms with Crippen LogP contribution in [0.5, 0.6) is 0 Å². The van der Waals surface area contributed by atoms with E-state index in [4.69, 9.17) is 17.3 Å². The van der Waals surface area contributed by atoms with Gasteiger partial charge in [0, 0.05) is 11.6 Å². The third-order valence-corrected chi connectivity index (χ3v) is 2.31. The van der Waals surface area contributed by atoms with E-state index in [1.807, 2.05) is 0 Å². The van der Waals surface area contributed by atoms with Gasteiger partial charge in [-0.1, -0.05) is 11.6 Å². The molecule has 1 amide bonds. The summed E-state index contributed by atoms with van der Waals surface area (Å²) in [5.74, 6) is -0.495. The van der Waals surface area contributed by atoms with Crippen LogP contribution < -0.4 is 5.73 Å². The quantitative estimate of drug-likeness (QED) is 0.776. The lowest BCUT2D eigenvalue weighted by molar-refractivity contribution is 0.100. The fraction of sp³-hybridized carbons (Fsp3) is 0. The molecule has 0 fully saturated rings. The summed E-state index contributed by atoms with van der Waals surface area (Å²) in [6.45, 7) is 0. The summed E-state index contributed by atoms with van der Waals surface area (Å²) >= 11 is 5.94. The van der Waals surface area contributed by atoms with Gasteiger partial charge in [-0.05, 0) is 24.3 Å². The van der Waals surface area contributed by atoms with E-state index in [0.29, 0.717) is 16.1 Å². The maximum Gasteiger partial charge on any atom is 0.250 e. The Morgan fingerprint density at radius 2 is 2.14 bits per heavy atom. The predicted molar refractivity (Wildman–Crippen MR) is 55.3 cm³/mol. The second-order valence-corrected chi connectivity index (χ2v) is 3.27. The highest BCUT2D eigenvalue weighted by atomic mass is 35.5. The van der Waals surface area contributed by atoms with Gasteiger partial charge in [0.1, 0.15) is 0 Å². The first-order chi connectivity index (χ1) is 6.70. The van der Waals surface area contributed by atoms with Crippen molar-refractivity contribution in [3.8, 4) is 0 Å². The third kappa shape index (κ3) is 1.32. The maximum atomic E-state index is 11.1. The van der Waals surface area contributed by atoms with Crippen LogP contribution in [-0.2, 0) is 0 Å². The van der Waals surface area contributed by atoms with E-state index >= 15 is 0 Å². The maximum absolute atomic E-state index is 11.1. The average Bonchev–Trinajstić information content (AvgIpc) is 2.18. The molecule has 0 atom stereocenters. The Bertz CT molecular complexity index is 510. The number of carbonyl (C=O) groups excluding carboxylic acids is 1. The van der Waals surface area contributed by atoms with Crippen molar-refractivity contribution in [2.45, 2.75) is 0 Å². The van der Waals surface area contributed by atoms with Gasteiger partial charge in [0.25, 0.3) is 5.91 Å². The normalized spacial score (nSPS) is 10.4. The largest absolute Gasteiger partial charge is 0.366 e. The molecule has 0 bridgehead atoms. The lowest BCUT2D eigenvalue weighted by Crippen LogP contribution is -2.11. The molecular weight excluding hydrogens is 200 g/mol. The van der Waals surface area contributed by atoms with Gasteiger partial charge in [-0.25, -0.2) is 0 Å². The monoisotopic (exact) mass is 206 g/mol. The van der Waals surface area contributed by atoms with E-state index in [2.05, 4.69) is 4.98 Å². The van der Waals surface area contributed by atoms with Crippen LogP contribution in [-0.4, -0.2) is 10.9 Å². The Morgan fingerprint density at radius 1 is 1.36 bits per heavy atom. The zero-order valence-corrected chi connectivity index (χ0v) is 7.95. The number of hydrogen-bond donors (Lipinski definition) is 1. The van der Waals surface area contributed by atoms with Crippen LogP contribution >= 0.6 is 11.6 Å². The number of amides is 1. The van der Waals surface area contributed by atoms with Gasteiger partial charge < -0.3 is 5.73 Å². The third-order valence-electron chi connectivity index (χ3n) is 1.98. The lowest BCUT2D eigenvalue weighted by atomic mass is 10.1. The SMILES string of the molecule is NC(=O)c1ccc(Cl)c2cccnc12. The summed E-state index contributed by atoms with van der Waals surface area (Å²) in [7, 11) is 0. The summed E-state index contributed by atoms with van der Waals surface area (Å²) in [5, 5.41) is 1.31. The summed E-state index contributed by atoms with van der Waals surface area (Å²) in [6.07, 6.45) is 1.60. The molecule has 1 aromatic carbocycles. The molecule has 14 heavy (non-hydrogen) atoms. The zero-order chi connectivity index (χ0) is 10.1. The van der Waals surface area contributed by atoms with Gasteiger partial charge >= 0.3 is 0 Å². The van der Waals surface area contributed by atoms with Crippen LogP contribution in [0.3, 0.4) is 0 Å². The van der Waals surface area contributed by atoms with Crippen molar-refractivity contribution in [2.24, 2.45) is 5.73 Å². The van der Waals surface area contributed by atoms with E-state index < -0.39 is 5.91 Å². The Labute approximate surface area is 85.5 Å². The van der Waals surface area contributed by atoms with Crippen LogP contribution in [0.4, 0.5) is 0 Å². The number of nitrogens with two attached hydrogens (primary N) is 1. The number of aromatic nitrogens is 1. The number of halogens is 1. The van der Waals surface area contributed by atoms with Crippen molar-refractivity contribution in [3.63, 3.8) is 0 Å². The van der Waals surface area contributed by atoms with Crippen molar-refractivity contribution < 1.29 is 4.79 Å². The Morgan fingerprint density at radius 3 is 2.86 bits per heavy atom. The fourth-order valence-corrected chi connectivity index (χ4v) is 1.55. The minimum atomic E-state index is -0.495. The smallest absolute Gasteiger partial charge is 0.250 e. The molecule has 3 nitrogen and oxygen atoms in total. The standard InChI is InChI=1S/C10H7ClN2O/c11-8-4-3-7(10(12)14)9-6(8)2-1-5-13-9/h1-5H,(H2,12,14). The Balaban J connectivity index is 2.88. The molecule has 0 aliphatic carbocycles. The second-order valence-electron chi connectivity index (χ2n) is 2.86. The van der Waals surface area contributed by atoms with Gasteiger partial charge in [-0.3, -0.25) is 9.78 Å². The number of hydrogen-bond acceptors (Lipinski definition) is 2. The molecule has 2 N–H and O–H groups in total. The molecule has 70 valence electrons. The molecule has 0 radical (unpaired) electrons. The Hall–Kier alpha value is -1.61. The highest BCUT2D eigenvalue weighted by Crippen LogP contribution is 2.24. The molecule has 0 unspecified atom stereocenters. The van der Waals surface area contributed by atoms with Crippen molar-refractivity contribution in [1.82, 2.24) is 4.98 Å². The van der Waals surface area contributed by atoms with E-state index in [0.717, 1.165) is 5.39 Å². The summed E-state index contributed by atoms with van der Waals surface area (Å²) in [4.78, 5) is 15.1. The van der Waals surface area contributed by atoms with Gasteiger partial charge in [-0.15, -0.1) is 0 Å². The first-order valence-corrected chi connectivity index (χ1v) is 4.41. The van der Waals surface area contributed by atoms with Crippen molar-refractivity contribution in [2.75, 3.05) is 0 Å². The number of nitrogens with zero attached hydrogens (tertiary/aromatic N) is 1. The van der Waals surface area contributed by atoms with Crippen LogP contribution in [0, 0.1) is 0 Å². The number of primary amides is 1. The topological polar surface area (TPSA) is 56.0 Å². The lowest BCUT2D eigenvalue weighted by Gasteiger charge is -2.02.